The summed E-state index contributed by atoms with van der Waals surface area (Å²) in [6.07, 6.45) is 4.31. The van der Waals surface area contributed by atoms with Crippen LogP contribution in [0, 0.1) is 6.92 Å². The highest BCUT2D eigenvalue weighted by molar-refractivity contribution is 5.55. The van der Waals surface area contributed by atoms with Crippen LogP contribution >= 0.6 is 0 Å². The van der Waals surface area contributed by atoms with Crippen LogP contribution in [-0.2, 0) is 6.42 Å². The Morgan fingerprint density at radius 3 is 2.94 bits per heavy atom. The van der Waals surface area contributed by atoms with Crippen molar-refractivity contribution in [2.75, 3.05) is 0 Å². The summed E-state index contributed by atoms with van der Waals surface area (Å²) in [6.45, 7) is 3.87. The van der Waals surface area contributed by atoms with E-state index in [2.05, 4.69) is 10.1 Å². The molecule has 0 saturated carbocycles. The van der Waals surface area contributed by atoms with E-state index in [0.29, 0.717) is 11.7 Å². The van der Waals surface area contributed by atoms with Crippen LogP contribution in [0.4, 0.5) is 0 Å². The Hall–Kier alpha value is -1.62. The van der Waals surface area contributed by atoms with E-state index in [1.165, 1.54) is 0 Å². The second-order valence-corrected chi connectivity index (χ2v) is 4.27. The van der Waals surface area contributed by atoms with Gasteiger partial charge in [0, 0.05) is 12.5 Å². The molecule has 5 heteroatoms. The molecule has 0 amide bonds. The van der Waals surface area contributed by atoms with Crippen LogP contribution in [0.25, 0.3) is 11.4 Å². The van der Waals surface area contributed by atoms with Crippen molar-refractivity contribution in [3.63, 3.8) is 0 Å². The maximum atomic E-state index is 5.68. The average Bonchev–Trinajstić information content (AvgIpc) is 2.86. The first-order valence-corrected chi connectivity index (χ1v) is 5.79. The summed E-state index contributed by atoms with van der Waals surface area (Å²) in [5, 5.41) is 3.94. The molecule has 0 bridgehead atoms. The number of hydrogen-bond acceptors (Lipinski definition) is 5. The Labute approximate surface area is 100.0 Å². The van der Waals surface area contributed by atoms with Crippen LogP contribution in [0.2, 0.25) is 0 Å². The van der Waals surface area contributed by atoms with Gasteiger partial charge in [-0.2, -0.15) is 4.98 Å². The third-order valence-corrected chi connectivity index (χ3v) is 2.62. The zero-order chi connectivity index (χ0) is 12.3. The molecule has 17 heavy (non-hydrogen) atoms. The molecule has 0 spiro atoms. The van der Waals surface area contributed by atoms with Gasteiger partial charge in [-0.3, -0.25) is 0 Å². The number of aromatic nitrogens is 2. The van der Waals surface area contributed by atoms with E-state index in [-0.39, 0.29) is 6.04 Å². The largest absolute Gasteiger partial charge is 0.469 e. The maximum absolute atomic E-state index is 5.68. The Bertz CT molecular complexity index is 474. The number of nitrogens with two attached hydrogens (primary N) is 1. The minimum absolute atomic E-state index is 0.216. The van der Waals surface area contributed by atoms with Crippen molar-refractivity contribution >= 4 is 0 Å². The summed E-state index contributed by atoms with van der Waals surface area (Å²) in [5.74, 6) is 2.04. The van der Waals surface area contributed by atoms with Crippen LogP contribution in [0.15, 0.2) is 21.3 Å². The molecule has 1 atom stereocenters. The Kier molecular flexibility index (Phi) is 3.58. The van der Waals surface area contributed by atoms with Crippen molar-refractivity contribution in [2.24, 2.45) is 5.73 Å². The van der Waals surface area contributed by atoms with Gasteiger partial charge in [0.1, 0.15) is 5.76 Å². The number of aryl methyl sites for hydroxylation is 2. The van der Waals surface area contributed by atoms with Gasteiger partial charge in [0.2, 0.25) is 11.7 Å². The quantitative estimate of drug-likeness (QED) is 0.860. The monoisotopic (exact) mass is 235 g/mol. The standard InChI is InChI=1S/C12H17N3O2/c1-8(13)4-3-5-11-14-12(15-17-11)10-6-7-16-9(10)2/h6-8H,3-5,13H2,1-2H3. The van der Waals surface area contributed by atoms with E-state index < -0.39 is 0 Å². The first-order valence-electron chi connectivity index (χ1n) is 5.79. The average molecular weight is 235 g/mol. The molecule has 0 aromatic carbocycles. The molecule has 0 aliphatic heterocycles. The number of furan rings is 1. The van der Waals surface area contributed by atoms with Gasteiger partial charge in [-0.05, 0) is 32.8 Å². The predicted molar refractivity (Wildman–Crippen MR) is 63.3 cm³/mol. The third kappa shape index (κ3) is 2.94. The molecule has 2 heterocycles. The molecule has 1 unspecified atom stereocenters. The minimum atomic E-state index is 0.216. The van der Waals surface area contributed by atoms with E-state index >= 15 is 0 Å². The SMILES string of the molecule is Cc1occc1-c1noc(CCCC(C)N)n1. The maximum Gasteiger partial charge on any atom is 0.226 e. The van der Waals surface area contributed by atoms with Crippen LogP contribution in [0.5, 0.6) is 0 Å². The summed E-state index contributed by atoms with van der Waals surface area (Å²) in [4.78, 5) is 4.33. The number of rotatable bonds is 5. The van der Waals surface area contributed by atoms with Crippen molar-refractivity contribution < 1.29 is 8.94 Å². The van der Waals surface area contributed by atoms with Gasteiger partial charge in [-0.25, -0.2) is 0 Å². The van der Waals surface area contributed by atoms with E-state index in [1.807, 2.05) is 19.9 Å². The van der Waals surface area contributed by atoms with Gasteiger partial charge >= 0.3 is 0 Å². The van der Waals surface area contributed by atoms with Crippen molar-refractivity contribution in [3.8, 4) is 11.4 Å². The summed E-state index contributed by atoms with van der Waals surface area (Å²) >= 11 is 0. The summed E-state index contributed by atoms with van der Waals surface area (Å²) in [5.41, 5.74) is 6.56. The Morgan fingerprint density at radius 1 is 1.47 bits per heavy atom. The molecule has 2 aromatic heterocycles. The van der Waals surface area contributed by atoms with Gasteiger partial charge < -0.3 is 14.7 Å². The van der Waals surface area contributed by atoms with Crippen LogP contribution in [0.3, 0.4) is 0 Å². The highest BCUT2D eigenvalue weighted by Crippen LogP contribution is 2.21. The lowest BCUT2D eigenvalue weighted by molar-refractivity contribution is 0.373. The zero-order valence-corrected chi connectivity index (χ0v) is 10.1. The van der Waals surface area contributed by atoms with Crippen LogP contribution < -0.4 is 5.73 Å². The van der Waals surface area contributed by atoms with E-state index in [9.17, 15) is 0 Å². The molecule has 2 rings (SSSR count). The predicted octanol–water partition coefficient (Wildman–Crippen LogP) is 2.31. The van der Waals surface area contributed by atoms with Crippen LogP contribution in [0.1, 0.15) is 31.4 Å². The van der Waals surface area contributed by atoms with Crippen molar-refractivity contribution in [1.82, 2.24) is 10.1 Å². The molecule has 0 radical (unpaired) electrons. The molecule has 92 valence electrons. The van der Waals surface area contributed by atoms with Gasteiger partial charge in [0.05, 0.1) is 11.8 Å². The molecule has 0 saturated heterocycles. The summed E-state index contributed by atoms with van der Waals surface area (Å²) in [7, 11) is 0. The lowest BCUT2D eigenvalue weighted by Crippen LogP contribution is -2.14. The van der Waals surface area contributed by atoms with Crippen LogP contribution in [-0.4, -0.2) is 16.2 Å². The number of hydrogen-bond donors (Lipinski definition) is 1. The fourth-order valence-electron chi connectivity index (χ4n) is 1.66. The molecule has 5 nitrogen and oxygen atoms in total. The van der Waals surface area contributed by atoms with E-state index in [1.54, 1.807) is 6.26 Å². The van der Waals surface area contributed by atoms with E-state index in [4.69, 9.17) is 14.7 Å². The second kappa shape index (κ2) is 5.14. The van der Waals surface area contributed by atoms with E-state index in [0.717, 1.165) is 30.6 Å². The zero-order valence-electron chi connectivity index (χ0n) is 10.1. The smallest absolute Gasteiger partial charge is 0.226 e. The lowest BCUT2D eigenvalue weighted by Gasteiger charge is -2.00. The van der Waals surface area contributed by atoms with Crippen molar-refractivity contribution in [3.05, 3.63) is 24.0 Å². The van der Waals surface area contributed by atoms with Gasteiger partial charge in [-0.1, -0.05) is 5.16 Å². The summed E-state index contributed by atoms with van der Waals surface area (Å²) < 4.78 is 10.4. The van der Waals surface area contributed by atoms with Gasteiger partial charge in [0.25, 0.3) is 0 Å². The molecule has 0 aliphatic rings. The normalized spacial score (nSPS) is 12.9. The van der Waals surface area contributed by atoms with Crippen molar-refractivity contribution in [2.45, 2.75) is 39.2 Å². The molecule has 2 aromatic rings. The molecule has 2 N–H and O–H groups in total. The lowest BCUT2D eigenvalue weighted by atomic mass is 10.1. The highest BCUT2D eigenvalue weighted by Gasteiger charge is 2.12. The molecular weight excluding hydrogens is 218 g/mol. The third-order valence-electron chi connectivity index (χ3n) is 2.62. The molecule has 0 aliphatic carbocycles. The Morgan fingerprint density at radius 2 is 2.29 bits per heavy atom. The topological polar surface area (TPSA) is 78.1 Å². The fourth-order valence-corrected chi connectivity index (χ4v) is 1.66. The minimum Gasteiger partial charge on any atom is -0.469 e. The first kappa shape index (κ1) is 11.9. The second-order valence-electron chi connectivity index (χ2n) is 4.27. The molecular formula is C12H17N3O2. The highest BCUT2D eigenvalue weighted by atomic mass is 16.5. The molecule has 0 fully saturated rings. The summed E-state index contributed by atoms with van der Waals surface area (Å²) in [6, 6.07) is 2.06. The fraction of sp³-hybridized carbons (Fsp3) is 0.500. The first-order chi connectivity index (χ1) is 8.16. The van der Waals surface area contributed by atoms with Gasteiger partial charge in [-0.15, -0.1) is 0 Å². The number of nitrogens with zero attached hydrogens (tertiary/aromatic N) is 2. The Balaban J connectivity index is 1.99. The van der Waals surface area contributed by atoms with Gasteiger partial charge in [0.15, 0.2) is 0 Å². The van der Waals surface area contributed by atoms with Crippen molar-refractivity contribution in [1.29, 1.82) is 0 Å².